The number of rotatable bonds is 7. The van der Waals surface area contributed by atoms with Crippen LogP contribution in [0, 0.1) is 5.92 Å². The fourth-order valence-electron chi connectivity index (χ4n) is 3.58. The standard InChI is InChI=1S/C18H29BO2/c1-2-3-4-5-6-15-7-9-16(10-8-15)17-11-13-18(14-12-17)19(20)21/h11-16,20-21H,2-10H2,1H3. The fourth-order valence-corrected chi connectivity index (χ4v) is 3.58. The maximum Gasteiger partial charge on any atom is 0.488 e. The summed E-state index contributed by atoms with van der Waals surface area (Å²) in [6, 6.07) is 7.83. The molecule has 1 aromatic carbocycles. The molecule has 0 aromatic heterocycles. The third kappa shape index (κ3) is 5.16. The molecule has 1 aromatic rings. The average Bonchev–Trinajstić information content (AvgIpc) is 2.52. The summed E-state index contributed by atoms with van der Waals surface area (Å²) in [6.45, 7) is 2.27. The molecule has 1 aliphatic rings. The summed E-state index contributed by atoms with van der Waals surface area (Å²) in [5.74, 6) is 1.61. The maximum atomic E-state index is 9.14. The van der Waals surface area contributed by atoms with E-state index < -0.39 is 7.12 Å². The first-order valence-corrected chi connectivity index (χ1v) is 8.66. The summed E-state index contributed by atoms with van der Waals surface area (Å²) >= 11 is 0. The van der Waals surface area contributed by atoms with E-state index in [4.69, 9.17) is 10.0 Å². The largest absolute Gasteiger partial charge is 0.488 e. The van der Waals surface area contributed by atoms with Crippen LogP contribution in [0.25, 0.3) is 0 Å². The van der Waals surface area contributed by atoms with Crippen molar-refractivity contribution in [2.45, 2.75) is 70.6 Å². The van der Waals surface area contributed by atoms with Crippen molar-refractivity contribution in [2.75, 3.05) is 0 Å². The molecule has 1 fully saturated rings. The van der Waals surface area contributed by atoms with Gasteiger partial charge in [0.1, 0.15) is 0 Å². The molecule has 2 nitrogen and oxygen atoms in total. The summed E-state index contributed by atoms with van der Waals surface area (Å²) in [5, 5.41) is 18.3. The van der Waals surface area contributed by atoms with Crippen molar-refractivity contribution in [3.05, 3.63) is 29.8 Å². The predicted octanol–water partition coefficient (Wildman–Crippen LogP) is 3.61. The van der Waals surface area contributed by atoms with E-state index in [2.05, 4.69) is 19.1 Å². The van der Waals surface area contributed by atoms with E-state index in [1.165, 1.54) is 63.4 Å². The van der Waals surface area contributed by atoms with Crippen LogP contribution in [-0.4, -0.2) is 17.2 Å². The quantitative estimate of drug-likeness (QED) is 0.594. The topological polar surface area (TPSA) is 40.5 Å². The minimum Gasteiger partial charge on any atom is -0.423 e. The molecule has 0 radical (unpaired) electrons. The summed E-state index contributed by atoms with van der Waals surface area (Å²) in [5.41, 5.74) is 1.95. The molecule has 2 N–H and O–H groups in total. The molecule has 0 spiro atoms. The van der Waals surface area contributed by atoms with Gasteiger partial charge in [-0.15, -0.1) is 0 Å². The Kier molecular flexibility index (Phi) is 6.79. The van der Waals surface area contributed by atoms with E-state index in [1.54, 1.807) is 0 Å². The molecule has 1 saturated carbocycles. The zero-order chi connectivity index (χ0) is 15.1. The van der Waals surface area contributed by atoms with Crippen molar-refractivity contribution in [3.63, 3.8) is 0 Å². The lowest BCUT2D eigenvalue weighted by Gasteiger charge is -2.29. The predicted molar refractivity (Wildman–Crippen MR) is 89.7 cm³/mol. The van der Waals surface area contributed by atoms with Crippen LogP contribution in [0.1, 0.15) is 76.2 Å². The second kappa shape index (κ2) is 8.60. The zero-order valence-corrected chi connectivity index (χ0v) is 13.3. The van der Waals surface area contributed by atoms with E-state index in [9.17, 15) is 0 Å². The van der Waals surface area contributed by atoms with Crippen LogP contribution < -0.4 is 5.46 Å². The maximum absolute atomic E-state index is 9.14. The number of benzene rings is 1. The van der Waals surface area contributed by atoms with Crippen LogP contribution in [0.2, 0.25) is 0 Å². The van der Waals surface area contributed by atoms with Crippen LogP contribution in [0.3, 0.4) is 0 Å². The fraction of sp³-hybridized carbons (Fsp3) is 0.667. The van der Waals surface area contributed by atoms with E-state index >= 15 is 0 Å². The van der Waals surface area contributed by atoms with Crippen LogP contribution in [0.4, 0.5) is 0 Å². The highest BCUT2D eigenvalue weighted by Gasteiger charge is 2.22. The van der Waals surface area contributed by atoms with Crippen LogP contribution in [-0.2, 0) is 0 Å². The molecule has 0 saturated heterocycles. The van der Waals surface area contributed by atoms with Crippen LogP contribution >= 0.6 is 0 Å². The molecular formula is C18H29BO2. The van der Waals surface area contributed by atoms with E-state index in [0.717, 1.165) is 5.92 Å². The van der Waals surface area contributed by atoms with Crippen LogP contribution in [0.5, 0.6) is 0 Å². The summed E-state index contributed by atoms with van der Waals surface area (Å²) < 4.78 is 0. The Morgan fingerprint density at radius 3 is 2.19 bits per heavy atom. The Bertz CT molecular complexity index is 394. The average molecular weight is 288 g/mol. The van der Waals surface area contributed by atoms with Crippen molar-refractivity contribution < 1.29 is 10.0 Å². The van der Waals surface area contributed by atoms with Gasteiger partial charge in [-0.05, 0) is 48.5 Å². The molecule has 0 unspecified atom stereocenters. The first kappa shape index (κ1) is 16.6. The molecule has 1 aliphatic carbocycles. The second-order valence-electron chi connectivity index (χ2n) is 6.61. The highest BCUT2D eigenvalue weighted by atomic mass is 16.4. The molecular weight excluding hydrogens is 259 g/mol. The van der Waals surface area contributed by atoms with Crippen molar-refractivity contribution in [1.29, 1.82) is 0 Å². The molecule has 0 heterocycles. The van der Waals surface area contributed by atoms with Crippen molar-refractivity contribution >= 4 is 12.6 Å². The lowest BCUT2D eigenvalue weighted by Crippen LogP contribution is -2.29. The zero-order valence-electron chi connectivity index (χ0n) is 13.3. The monoisotopic (exact) mass is 288 g/mol. The van der Waals surface area contributed by atoms with Gasteiger partial charge in [0, 0.05) is 0 Å². The van der Waals surface area contributed by atoms with Gasteiger partial charge < -0.3 is 10.0 Å². The van der Waals surface area contributed by atoms with Gasteiger partial charge in [0.05, 0.1) is 0 Å². The van der Waals surface area contributed by atoms with Crippen LogP contribution in [0.15, 0.2) is 24.3 Å². The molecule has 3 heteroatoms. The lowest BCUT2D eigenvalue weighted by atomic mass is 9.75. The normalized spacial score (nSPS) is 22.2. The van der Waals surface area contributed by atoms with Gasteiger partial charge in [0.25, 0.3) is 0 Å². The molecule has 0 bridgehead atoms. The number of hydrogen-bond acceptors (Lipinski definition) is 2. The molecule has 21 heavy (non-hydrogen) atoms. The highest BCUT2D eigenvalue weighted by molar-refractivity contribution is 6.58. The first-order chi connectivity index (χ1) is 10.2. The van der Waals surface area contributed by atoms with Gasteiger partial charge in [0.2, 0.25) is 0 Å². The minimum absolute atomic E-state index is 0.586. The highest BCUT2D eigenvalue weighted by Crippen LogP contribution is 2.37. The molecule has 0 aliphatic heterocycles. The smallest absolute Gasteiger partial charge is 0.423 e. The first-order valence-electron chi connectivity index (χ1n) is 8.66. The number of hydrogen-bond donors (Lipinski definition) is 2. The van der Waals surface area contributed by atoms with E-state index in [0.29, 0.717) is 11.4 Å². The Morgan fingerprint density at radius 2 is 1.62 bits per heavy atom. The second-order valence-corrected chi connectivity index (χ2v) is 6.61. The van der Waals surface area contributed by atoms with E-state index in [-0.39, 0.29) is 0 Å². The summed E-state index contributed by atoms with van der Waals surface area (Å²) in [6.07, 6.45) is 12.3. The Hall–Kier alpha value is -0.795. The molecule has 0 atom stereocenters. The third-order valence-electron chi connectivity index (χ3n) is 5.02. The van der Waals surface area contributed by atoms with Crippen molar-refractivity contribution in [3.8, 4) is 0 Å². The van der Waals surface area contributed by atoms with Crippen molar-refractivity contribution in [2.24, 2.45) is 5.92 Å². The van der Waals surface area contributed by atoms with Gasteiger partial charge in [-0.25, -0.2) is 0 Å². The van der Waals surface area contributed by atoms with Gasteiger partial charge in [-0.3, -0.25) is 0 Å². The summed E-state index contributed by atoms with van der Waals surface area (Å²) in [7, 11) is -1.35. The Labute approximate surface area is 129 Å². The van der Waals surface area contributed by atoms with Crippen molar-refractivity contribution in [1.82, 2.24) is 0 Å². The number of unbranched alkanes of at least 4 members (excludes halogenated alkanes) is 3. The Morgan fingerprint density at radius 1 is 0.952 bits per heavy atom. The van der Waals surface area contributed by atoms with Gasteiger partial charge in [-0.1, -0.05) is 63.3 Å². The van der Waals surface area contributed by atoms with Gasteiger partial charge >= 0.3 is 7.12 Å². The Balaban J connectivity index is 1.75. The minimum atomic E-state index is -1.35. The molecule has 0 amide bonds. The molecule has 116 valence electrons. The third-order valence-corrected chi connectivity index (χ3v) is 5.02. The van der Waals surface area contributed by atoms with Gasteiger partial charge in [-0.2, -0.15) is 0 Å². The molecule has 2 rings (SSSR count). The van der Waals surface area contributed by atoms with E-state index in [1.807, 2.05) is 12.1 Å². The summed E-state index contributed by atoms with van der Waals surface area (Å²) in [4.78, 5) is 0. The van der Waals surface area contributed by atoms with Gasteiger partial charge in [0.15, 0.2) is 0 Å². The lowest BCUT2D eigenvalue weighted by molar-refractivity contribution is 0.302. The SMILES string of the molecule is CCCCCCC1CCC(c2ccc(B(O)O)cc2)CC1.